The van der Waals surface area contributed by atoms with Crippen LogP contribution in [0, 0.1) is 6.92 Å². The second kappa shape index (κ2) is 8.58. The van der Waals surface area contributed by atoms with Crippen molar-refractivity contribution in [2.24, 2.45) is 0 Å². The van der Waals surface area contributed by atoms with E-state index >= 15 is 0 Å². The third kappa shape index (κ3) is 9.48. The fourth-order valence-corrected chi connectivity index (χ4v) is 1.02. The van der Waals surface area contributed by atoms with Crippen molar-refractivity contribution in [3.05, 3.63) is 30.7 Å². The lowest BCUT2D eigenvalue weighted by Crippen LogP contribution is -1.73. The SMILES string of the molecule is [CH2]/C(C)=C/C=C/CCCCCC. The van der Waals surface area contributed by atoms with Gasteiger partial charge >= 0.3 is 0 Å². The van der Waals surface area contributed by atoms with Gasteiger partial charge in [-0.05, 0) is 26.7 Å². The van der Waals surface area contributed by atoms with Crippen molar-refractivity contribution in [1.29, 1.82) is 0 Å². The Hall–Kier alpha value is -0.520. The van der Waals surface area contributed by atoms with Gasteiger partial charge in [0.05, 0.1) is 0 Å². The molecule has 0 aliphatic heterocycles. The van der Waals surface area contributed by atoms with Crippen LogP contribution in [-0.4, -0.2) is 0 Å². The fraction of sp³-hybridized carbons (Fsp3) is 0.583. The molecule has 69 valence electrons. The average molecular weight is 165 g/mol. The van der Waals surface area contributed by atoms with Crippen LogP contribution in [0.2, 0.25) is 0 Å². The van der Waals surface area contributed by atoms with Crippen LogP contribution in [-0.2, 0) is 0 Å². The first-order chi connectivity index (χ1) is 5.77. The highest BCUT2D eigenvalue weighted by atomic mass is 13.9. The molecule has 0 N–H and O–H groups in total. The van der Waals surface area contributed by atoms with Gasteiger partial charge in [0.15, 0.2) is 0 Å². The van der Waals surface area contributed by atoms with E-state index in [1.165, 1.54) is 32.1 Å². The van der Waals surface area contributed by atoms with Gasteiger partial charge in [0.2, 0.25) is 0 Å². The number of allylic oxidation sites excluding steroid dienone is 4. The van der Waals surface area contributed by atoms with E-state index < -0.39 is 0 Å². The normalized spacial score (nSPS) is 12.8. The summed E-state index contributed by atoms with van der Waals surface area (Å²) in [6.07, 6.45) is 13.0. The molecule has 0 bridgehead atoms. The van der Waals surface area contributed by atoms with Crippen LogP contribution in [0.25, 0.3) is 0 Å². The molecule has 0 spiro atoms. The molecule has 0 saturated carbocycles. The minimum atomic E-state index is 1.12. The summed E-state index contributed by atoms with van der Waals surface area (Å²) < 4.78 is 0. The van der Waals surface area contributed by atoms with Crippen LogP contribution in [0.4, 0.5) is 0 Å². The summed E-state index contributed by atoms with van der Waals surface area (Å²) in [6, 6.07) is 0. The molecule has 1 radical (unpaired) electrons. The van der Waals surface area contributed by atoms with Crippen molar-refractivity contribution in [2.75, 3.05) is 0 Å². The highest BCUT2D eigenvalue weighted by Gasteiger charge is 1.83. The fourth-order valence-electron chi connectivity index (χ4n) is 1.02. The first-order valence-corrected chi connectivity index (χ1v) is 4.92. The van der Waals surface area contributed by atoms with E-state index in [2.05, 4.69) is 32.1 Å². The van der Waals surface area contributed by atoms with Crippen LogP contribution in [0.5, 0.6) is 0 Å². The Morgan fingerprint density at radius 3 is 2.58 bits per heavy atom. The minimum Gasteiger partial charge on any atom is -0.0845 e. The molecule has 0 saturated heterocycles. The molecule has 0 atom stereocenters. The van der Waals surface area contributed by atoms with E-state index in [0.717, 1.165) is 5.57 Å². The van der Waals surface area contributed by atoms with Crippen LogP contribution in [0.1, 0.15) is 46.0 Å². The quantitative estimate of drug-likeness (QED) is 0.407. The largest absolute Gasteiger partial charge is 0.0845 e. The number of unbranched alkanes of at least 4 members (excludes halogenated alkanes) is 4. The highest BCUT2D eigenvalue weighted by molar-refractivity contribution is 5.12. The molecule has 0 heterocycles. The topological polar surface area (TPSA) is 0 Å². The molecule has 0 amide bonds. The summed E-state index contributed by atoms with van der Waals surface area (Å²) in [4.78, 5) is 0. The average Bonchev–Trinajstić information content (AvgIpc) is 2.02. The summed E-state index contributed by atoms with van der Waals surface area (Å²) in [5.41, 5.74) is 1.12. The predicted octanol–water partition coefficient (Wildman–Crippen LogP) is 4.29. The van der Waals surface area contributed by atoms with Gasteiger partial charge in [-0.1, -0.05) is 50.0 Å². The Labute approximate surface area is 77.4 Å². The first kappa shape index (κ1) is 11.5. The van der Waals surface area contributed by atoms with Crippen molar-refractivity contribution in [2.45, 2.75) is 46.0 Å². The van der Waals surface area contributed by atoms with E-state index in [1.54, 1.807) is 0 Å². The number of rotatable bonds is 6. The standard InChI is InChI=1S/C12H21/c1-4-5-6-7-8-9-10-11-12(2)3/h9-11H,2,4-8H2,1,3H3/b10-9+,12-11-. The summed E-state index contributed by atoms with van der Waals surface area (Å²) in [6.45, 7) is 8.05. The van der Waals surface area contributed by atoms with Gasteiger partial charge in [-0.3, -0.25) is 0 Å². The molecule has 0 unspecified atom stereocenters. The van der Waals surface area contributed by atoms with Crippen LogP contribution in [0.3, 0.4) is 0 Å². The van der Waals surface area contributed by atoms with Crippen molar-refractivity contribution < 1.29 is 0 Å². The number of hydrogen-bond donors (Lipinski definition) is 0. The zero-order valence-corrected chi connectivity index (χ0v) is 8.47. The molecule has 0 heteroatoms. The van der Waals surface area contributed by atoms with Gasteiger partial charge in [-0.25, -0.2) is 0 Å². The van der Waals surface area contributed by atoms with E-state index in [4.69, 9.17) is 0 Å². The molecular formula is C12H21. The van der Waals surface area contributed by atoms with Gasteiger partial charge in [0, 0.05) is 0 Å². The Morgan fingerprint density at radius 1 is 1.25 bits per heavy atom. The molecular weight excluding hydrogens is 144 g/mol. The maximum absolute atomic E-state index is 3.80. The second-order valence-electron chi connectivity index (χ2n) is 3.29. The third-order valence-corrected chi connectivity index (χ3v) is 1.74. The Morgan fingerprint density at radius 2 is 2.00 bits per heavy atom. The molecule has 0 nitrogen and oxygen atoms in total. The van der Waals surface area contributed by atoms with Crippen molar-refractivity contribution in [3.63, 3.8) is 0 Å². The third-order valence-electron chi connectivity index (χ3n) is 1.74. The van der Waals surface area contributed by atoms with Gasteiger partial charge in [0.25, 0.3) is 0 Å². The maximum Gasteiger partial charge on any atom is -0.0283 e. The van der Waals surface area contributed by atoms with Gasteiger partial charge in [0.1, 0.15) is 0 Å². The van der Waals surface area contributed by atoms with Gasteiger partial charge < -0.3 is 0 Å². The molecule has 0 aliphatic rings. The van der Waals surface area contributed by atoms with Gasteiger partial charge in [-0.2, -0.15) is 0 Å². The Kier molecular flexibility index (Phi) is 8.20. The first-order valence-electron chi connectivity index (χ1n) is 4.92. The molecule has 0 aliphatic carbocycles. The van der Waals surface area contributed by atoms with Crippen LogP contribution in [0.15, 0.2) is 23.8 Å². The lowest BCUT2D eigenvalue weighted by molar-refractivity contribution is 0.674. The molecule has 0 fully saturated rings. The summed E-state index contributed by atoms with van der Waals surface area (Å²) in [7, 11) is 0. The molecule has 0 aromatic rings. The van der Waals surface area contributed by atoms with E-state index in [9.17, 15) is 0 Å². The smallest absolute Gasteiger partial charge is 0.0283 e. The second-order valence-corrected chi connectivity index (χ2v) is 3.29. The maximum atomic E-state index is 3.80. The zero-order chi connectivity index (χ0) is 9.23. The predicted molar refractivity (Wildman–Crippen MR) is 57.0 cm³/mol. The molecule has 0 aromatic carbocycles. The zero-order valence-electron chi connectivity index (χ0n) is 8.47. The van der Waals surface area contributed by atoms with E-state index in [0.29, 0.717) is 0 Å². The molecule has 0 rings (SSSR count). The van der Waals surface area contributed by atoms with E-state index in [-0.39, 0.29) is 0 Å². The molecule has 12 heavy (non-hydrogen) atoms. The Balaban J connectivity index is 3.19. The van der Waals surface area contributed by atoms with Crippen molar-refractivity contribution >= 4 is 0 Å². The molecule has 0 aromatic heterocycles. The highest BCUT2D eigenvalue weighted by Crippen LogP contribution is 2.03. The summed E-state index contributed by atoms with van der Waals surface area (Å²) in [5.74, 6) is 0. The number of hydrogen-bond acceptors (Lipinski definition) is 0. The monoisotopic (exact) mass is 165 g/mol. The van der Waals surface area contributed by atoms with Crippen LogP contribution >= 0.6 is 0 Å². The van der Waals surface area contributed by atoms with E-state index in [1.807, 2.05) is 6.92 Å². The van der Waals surface area contributed by atoms with Crippen molar-refractivity contribution in [1.82, 2.24) is 0 Å². The summed E-state index contributed by atoms with van der Waals surface area (Å²) >= 11 is 0. The lowest BCUT2D eigenvalue weighted by Gasteiger charge is -1.93. The lowest BCUT2D eigenvalue weighted by atomic mass is 10.1. The van der Waals surface area contributed by atoms with Crippen LogP contribution < -0.4 is 0 Å². The summed E-state index contributed by atoms with van der Waals surface area (Å²) in [5, 5.41) is 0. The Bertz CT molecular complexity index is 136. The van der Waals surface area contributed by atoms with Crippen molar-refractivity contribution in [3.8, 4) is 0 Å². The minimum absolute atomic E-state index is 1.12. The van der Waals surface area contributed by atoms with Gasteiger partial charge in [-0.15, -0.1) is 0 Å².